The van der Waals surface area contributed by atoms with E-state index in [1.165, 1.54) is 0 Å². The van der Waals surface area contributed by atoms with E-state index < -0.39 is 16.1 Å². The molecule has 0 fully saturated rings. The lowest BCUT2D eigenvalue weighted by Crippen LogP contribution is -2.33. The van der Waals surface area contributed by atoms with Crippen LogP contribution >= 0.6 is 0 Å². The molecule has 2 aromatic carbocycles. The average Bonchev–Trinajstić information content (AvgIpc) is 3.31. The number of nitrogens with one attached hydrogen (secondary N) is 2. The normalized spacial score (nSPS) is 12.8. The van der Waals surface area contributed by atoms with E-state index in [4.69, 9.17) is 0 Å². The van der Waals surface area contributed by atoms with Crippen molar-refractivity contribution in [1.29, 1.82) is 0 Å². The Morgan fingerprint density at radius 2 is 1.76 bits per heavy atom. The first-order chi connectivity index (χ1) is 15.9. The summed E-state index contributed by atoms with van der Waals surface area (Å²) in [5.41, 5.74) is 1.86. The molecule has 3 aromatic rings. The van der Waals surface area contributed by atoms with E-state index in [0.29, 0.717) is 30.9 Å². The lowest BCUT2D eigenvalue weighted by molar-refractivity contribution is 0.304. The van der Waals surface area contributed by atoms with Crippen molar-refractivity contribution < 1.29 is 13.5 Å². The predicted octanol–water partition coefficient (Wildman–Crippen LogP) is 3.50. The van der Waals surface area contributed by atoms with Crippen LogP contribution in [0.15, 0.2) is 54.6 Å². The highest BCUT2D eigenvalue weighted by Gasteiger charge is 2.23. The maximum absolute atomic E-state index is 12.9. The molecule has 8 nitrogen and oxygen atoms in total. The van der Waals surface area contributed by atoms with Crippen molar-refractivity contribution in [2.75, 3.05) is 25.4 Å². The molecule has 1 atom stereocenters. The number of aromatic hydroxyl groups is 1. The van der Waals surface area contributed by atoms with Crippen LogP contribution in [0.25, 0.3) is 11.4 Å². The number of hydrogen-bond donors (Lipinski definition) is 3. The van der Waals surface area contributed by atoms with Gasteiger partial charge in [0, 0.05) is 5.56 Å². The highest BCUT2D eigenvalue weighted by atomic mass is 32.2. The number of rotatable bonds is 13. The smallest absolute Gasteiger partial charge is 0.212 e. The summed E-state index contributed by atoms with van der Waals surface area (Å²) >= 11 is 0. The topological polar surface area (TPSA) is 111 Å². The summed E-state index contributed by atoms with van der Waals surface area (Å²) in [6.45, 7) is 6.70. The number of aromatic amines is 1. The fraction of sp³-hybridized carbons (Fsp3) is 0.417. The third-order valence-corrected chi connectivity index (χ3v) is 7.10. The van der Waals surface area contributed by atoms with Gasteiger partial charge in [-0.05, 0) is 68.7 Å². The number of phenolic OH excluding ortho intramolecular Hbond substituents is 1. The molecule has 33 heavy (non-hydrogen) atoms. The summed E-state index contributed by atoms with van der Waals surface area (Å²) in [6, 6.07) is 16.0. The van der Waals surface area contributed by atoms with E-state index in [2.05, 4.69) is 38.7 Å². The molecule has 0 spiro atoms. The monoisotopic (exact) mass is 471 g/mol. The molecule has 0 saturated carbocycles. The van der Waals surface area contributed by atoms with E-state index >= 15 is 0 Å². The number of hydrogen-bond acceptors (Lipinski definition) is 6. The Morgan fingerprint density at radius 3 is 2.42 bits per heavy atom. The third kappa shape index (κ3) is 7.66. The first-order valence-electron chi connectivity index (χ1n) is 11.4. The van der Waals surface area contributed by atoms with Gasteiger partial charge >= 0.3 is 0 Å². The zero-order chi connectivity index (χ0) is 23.7. The van der Waals surface area contributed by atoms with E-state index in [1.54, 1.807) is 24.3 Å². The second-order valence-electron chi connectivity index (χ2n) is 7.99. The molecule has 0 aliphatic rings. The van der Waals surface area contributed by atoms with Gasteiger partial charge in [-0.15, -0.1) is 0 Å². The van der Waals surface area contributed by atoms with Crippen molar-refractivity contribution in [3.63, 3.8) is 0 Å². The van der Waals surface area contributed by atoms with Crippen molar-refractivity contribution in [3.05, 3.63) is 66.0 Å². The first kappa shape index (κ1) is 24.9. The number of aromatic nitrogens is 3. The van der Waals surface area contributed by atoms with Crippen molar-refractivity contribution in [2.45, 2.75) is 39.2 Å². The summed E-state index contributed by atoms with van der Waals surface area (Å²) in [5.74, 6) is 1.15. The third-order valence-electron chi connectivity index (χ3n) is 5.63. The Bertz CT molecular complexity index is 1080. The number of aryl methyl sites for hydroxylation is 1. The van der Waals surface area contributed by atoms with E-state index in [1.807, 2.05) is 30.3 Å². The molecular weight excluding hydrogens is 438 g/mol. The first-order valence-corrected chi connectivity index (χ1v) is 13.0. The molecular formula is C24H33N5O3S. The van der Waals surface area contributed by atoms with Gasteiger partial charge in [0.05, 0.1) is 11.8 Å². The molecule has 1 heterocycles. The SMILES string of the molecule is CCN(CC)CCCS(=O)(=O)N[C@H](CCc1ccccc1)c1nc(-c2ccc(O)cc2)n[nH]1. The van der Waals surface area contributed by atoms with Crippen molar-refractivity contribution in [3.8, 4) is 17.1 Å². The Kier molecular flexibility index (Phi) is 8.99. The molecule has 178 valence electrons. The number of nitrogens with zero attached hydrogens (tertiary/aromatic N) is 3. The number of sulfonamides is 1. The molecule has 0 aliphatic carbocycles. The summed E-state index contributed by atoms with van der Waals surface area (Å²) in [6.07, 6.45) is 1.81. The molecule has 9 heteroatoms. The van der Waals surface area contributed by atoms with E-state index in [0.717, 1.165) is 30.8 Å². The molecule has 0 radical (unpaired) electrons. The summed E-state index contributed by atoms with van der Waals surface area (Å²) in [7, 11) is -3.50. The zero-order valence-corrected chi connectivity index (χ0v) is 20.1. The average molecular weight is 472 g/mol. The van der Waals surface area contributed by atoms with Crippen LogP contribution in [0.4, 0.5) is 0 Å². The summed E-state index contributed by atoms with van der Waals surface area (Å²) in [4.78, 5) is 6.77. The lowest BCUT2D eigenvalue weighted by Gasteiger charge is -2.19. The van der Waals surface area contributed by atoms with Crippen LogP contribution in [0.2, 0.25) is 0 Å². The van der Waals surface area contributed by atoms with Gasteiger partial charge in [0.15, 0.2) is 5.82 Å². The largest absolute Gasteiger partial charge is 0.508 e. The minimum absolute atomic E-state index is 0.0598. The summed E-state index contributed by atoms with van der Waals surface area (Å²) < 4.78 is 28.6. The number of H-pyrrole nitrogens is 1. The van der Waals surface area contributed by atoms with Gasteiger partial charge < -0.3 is 10.0 Å². The van der Waals surface area contributed by atoms with Gasteiger partial charge in [0.1, 0.15) is 11.6 Å². The van der Waals surface area contributed by atoms with Gasteiger partial charge in [-0.3, -0.25) is 5.10 Å². The van der Waals surface area contributed by atoms with Crippen LogP contribution in [0.1, 0.15) is 44.1 Å². The molecule has 1 aromatic heterocycles. The summed E-state index contributed by atoms with van der Waals surface area (Å²) in [5, 5.41) is 16.7. The standard InChI is InChI=1S/C24H33N5O3S/c1-3-29(4-2)17-8-18-33(31,32)28-22(16-11-19-9-6-5-7-10-19)24-25-23(26-27-24)20-12-14-21(30)15-13-20/h5-7,9-10,12-15,22,28,30H,3-4,8,11,16-18H2,1-2H3,(H,25,26,27)/t22-/m1/s1. The minimum Gasteiger partial charge on any atom is -0.508 e. The maximum Gasteiger partial charge on any atom is 0.212 e. The Labute approximate surface area is 196 Å². The van der Waals surface area contributed by atoms with Crippen LogP contribution in [-0.2, 0) is 16.4 Å². The van der Waals surface area contributed by atoms with Gasteiger partial charge in [0.25, 0.3) is 0 Å². The van der Waals surface area contributed by atoms with Crippen LogP contribution in [-0.4, -0.2) is 59.0 Å². The maximum atomic E-state index is 12.9. The fourth-order valence-electron chi connectivity index (χ4n) is 3.67. The number of benzene rings is 2. The number of phenols is 1. The lowest BCUT2D eigenvalue weighted by atomic mass is 10.1. The second-order valence-corrected chi connectivity index (χ2v) is 9.86. The highest BCUT2D eigenvalue weighted by molar-refractivity contribution is 7.89. The van der Waals surface area contributed by atoms with E-state index in [-0.39, 0.29) is 11.5 Å². The van der Waals surface area contributed by atoms with Gasteiger partial charge in [-0.2, -0.15) is 5.10 Å². The zero-order valence-electron chi connectivity index (χ0n) is 19.2. The van der Waals surface area contributed by atoms with E-state index in [9.17, 15) is 13.5 Å². The Hall–Kier alpha value is -2.75. The Morgan fingerprint density at radius 1 is 1.06 bits per heavy atom. The molecule has 0 bridgehead atoms. The fourth-order valence-corrected chi connectivity index (χ4v) is 4.96. The van der Waals surface area contributed by atoms with Crippen molar-refractivity contribution in [2.24, 2.45) is 0 Å². The molecule has 3 N–H and O–H groups in total. The van der Waals surface area contributed by atoms with Crippen molar-refractivity contribution >= 4 is 10.0 Å². The molecule has 0 aliphatic heterocycles. The van der Waals surface area contributed by atoms with Crippen LogP contribution in [0.5, 0.6) is 5.75 Å². The molecule has 3 rings (SSSR count). The van der Waals surface area contributed by atoms with Crippen LogP contribution < -0.4 is 4.72 Å². The van der Waals surface area contributed by atoms with Crippen molar-refractivity contribution in [1.82, 2.24) is 24.8 Å². The van der Waals surface area contributed by atoms with Gasteiger partial charge in [0.2, 0.25) is 10.0 Å². The van der Waals surface area contributed by atoms with Crippen LogP contribution in [0.3, 0.4) is 0 Å². The quantitative estimate of drug-likeness (QED) is 0.352. The molecule has 0 unspecified atom stereocenters. The molecule has 0 amide bonds. The van der Waals surface area contributed by atoms with Gasteiger partial charge in [-0.25, -0.2) is 18.1 Å². The Balaban J connectivity index is 1.74. The predicted molar refractivity (Wildman–Crippen MR) is 130 cm³/mol. The van der Waals surface area contributed by atoms with Gasteiger partial charge in [-0.1, -0.05) is 44.2 Å². The minimum atomic E-state index is -3.50. The molecule has 0 saturated heterocycles. The highest BCUT2D eigenvalue weighted by Crippen LogP contribution is 2.22. The van der Waals surface area contributed by atoms with Crippen LogP contribution in [0, 0.1) is 0 Å². The second kappa shape index (κ2) is 11.9.